The Hall–Kier alpha value is -2.62. The van der Waals surface area contributed by atoms with Crippen molar-refractivity contribution in [3.8, 4) is 0 Å². The Kier molecular flexibility index (Phi) is 6.73. The highest BCUT2D eigenvalue weighted by Gasteiger charge is 2.27. The molecule has 0 saturated heterocycles. The SMILES string of the molecule is CC(=O)Nc1ccc(NS(C)(=O)=O)c(C(=O)NCCC(C)(C)C(=O)O)c1. The predicted molar refractivity (Wildman–Crippen MR) is 97.6 cm³/mol. The second kappa shape index (κ2) is 8.17. The molecule has 0 aromatic heterocycles. The number of sulfonamides is 1. The maximum Gasteiger partial charge on any atom is 0.309 e. The van der Waals surface area contributed by atoms with Crippen LogP contribution in [0.1, 0.15) is 37.6 Å². The van der Waals surface area contributed by atoms with Gasteiger partial charge in [-0.05, 0) is 38.5 Å². The molecule has 0 unspecified atom stereocenters. The van der Waals surface area contributed by atoms with Crippen molar-refractivity contribution >= 4 is 39.2 Å². The molecule has 26 heavy (non-hydrogen) atoms. The summed E-state index contributed by atoms with van der Waals surface area (Å²) in [6.45, 7) is 4.46. The third-order valence-corrected chi connectivity index (χ3v) is 4.09. The summed E-state index contributed by atoms with van der Waals surface area (Å²) in [5, 5.41) is 14.2. The maximum atomic E-state index is 12.4. The number of carboxylic acid groups (broad SMARTS) is 1. The summed E-state index contributed by atoms with van der Waals surface area (Å²) < 4.78 is 25.2. The van der Waals surface area contributed by atoms with Crippen LogP contribution >= 0.6 is 0 Å². The summed E-state index contributed by atoms with van der Waals surface area (Å²) in [5.74, 6) is -1.92. The Bertz CT molecular complexity index is 817. The molecule has 1 aromatic rings. The largest absolute Gasteiger partial charge is 0.481 e. The van der Waals surface area contributed by atoms with Gasteiger partial charge in [0.05, 0.1) is 22.9 Å². The molecular weight excluding hydrogens is 362 g/mol. The summed E-state index contributed by atoms with van der Waals surface area (Å²) in [7, 11) is -3.62. The van der Waals surface area contributed by atoms with Crippen molar-refractivity contribution in [1.82, 2.24) is 5.32 Å². The summed E-state index contributed by atoms with van der Waals surface area (Å²) in [5.41, 5.74) is -0.627. The molecule has 9 nitrogen and oxygen atoms in total. The van der Waals surface area contributed by atoms with Crippen molar-refractivity contribution in [2.45, 2.75) is 27.2 Å². The van der Waals surface area contributed by atoms with Crippen molar-refractivity contribution in [2.24, 2.45) is 5.41 Å². The molecule has 0 bridgehead atoms. The number of hydrogen-bond donors (Lipinski definition) is 4. The molecule has 1 rings (SSSR count). The molecule has 4 N–H and O–H groups in total. The van der Waals surface area contributed by atoms with Gasteiger partial charge in [-0.15, -0.1) is 0 Å². The lowest BCUT2D eigenvalue weighted by Crippen LogP contribution is -2.32. The second-order valence-electron chi connectivity index (χ2n) is 6.51. The zero-order valence-corrected chi connectivity index (χ0v) is 15.9. The molecule has 0 spiro atoms. The van der Waals surface area contributed by atoms with Crippen LogP contribution in [0.2, 0.25) is 0 Å². The van der Waals surface area contributed by atoms with E-state index in [1.165, 1.54) is 39.0 Å². The Morgan fingerprint density at radius 1 is 1.19 bits per heavy atom. The van der Waals surface area contributed by atoms with E-state index in [0.29, 0.717) is 5.69 Å². The lowest BCUT2D eigenvalue weighted by molar-refractivity contribution is -0.147. The molecule has 0 radical (unpaired) electrons. The van der Waals surface area contributed by atoms with Crippen molar-refractivity contribution < 1.29 is 27.9 Å². The Morgan fingerprint density at radius 2 is 1.81 bits per heavy atom. The first kappa shape index (κ1) is 21.4. The van der Waals surface area contributed by atoms with Crippen LogP contribution in [0.25, 0.3) is 0 Å². The lowest BCUT2D eigenvalue weighted by atomic mass is 9.89. The number of aliphatic carboxylic acids is 1. The fourth-order valence-corrected chi connectivity index (χ4v) is 2.57. The van der Waals surface area contributed by atoms with E-state index >= 15 is 0 Å². The molecule has 0 aliphatic carbocycles. The smallest absolute Gasteiger partial charge is 0.309 e. The van der Waals surface area contributed by atoms with E-state index in [-0.39, 0.29) is 30.1 Å². The van der Waals surface area contributed by atoms with Crippen LogP contribution in [0.5, 0.6) is 0 Å². The highest BCUT2D eigenvalue weighted by atomic mass is 32.2. The van der Waals surface area contributed by atoms with Gasteiger partial charge >= 0.3 is 5.97 Å². The van der Waals surface area contributed by atoms with E-state index in [1.54, 1.807) is 0 Å². The molecule has 0 heterocycles. The standard InChI is InChI=1S/C16H23N3O6S/c1-10(20)18-11-5-6-13(19-26(4,24)25)12(9-11)14(21)17-8-7-16(2,3)15(22)23/h5-6,9,19H,7-8H2,1-4H3,(H,17,21)(H,18,20)(H,22,23). The van der Waals surface area contributed by atoms with Gasteiger partial charge in [0.1, 0.15) is 0 Å². The van der Waals surface area contributed by atoms with E-state index < -0.39 is 27.3 Å². The molecule has 144 valence electrons. The number of benzene rings is 1. The predicted octanol–water partition coefficient (Wildman–Crippen LogP) is 1.25. The van der Waals surface area contributed by atoms with Crippen LogP contribution in [0, 0.1) is 5.41 Å². The summed E-state index contributed by atoms with van der Waals surface area (Å²) in [6, 6.07) is 4.16. The fraction of sp³-hybridized carbons (Fsp3) is 0.438. The van der Waals surface area contributed by atoms with Crippen LogP contribution in [0.3, 0.4) is 0 Å². The Balaban J connectivity index is 3.03. The number of anilines is 2. The van der Waals surface area contributed by atoms with Gasteiger partial charge in [-0.25, -0.2) is 8.42 Å². The first-order valence-electron chi connectivity index (χ1n) is 7.73. The van der Waals surface area contributed by atoms with Crippen molar-refractivity contribution in [2.75, 3.05) is 22.8 Å². The molecule has 0 aliphatic rings. The van der Waals surface area contributed by atoms with Crippen LogP contribution in [-0.4, -0.2) is 44.1 Å². The van der Waals surface area contributed by atoms with Crippen LogP contribution in [0.15, 0.2) is 18.2 Å². The van der Waals surface area contributed by atoms with Gasteiger partial charge in [0.25, 0.3) is 5.91 Å². The number of amides is 2. The van der Waals surface area contributed by atoms with Crippen LogP contribution in [0.4, 0.5) is 11.4 Å². The summed E-state index contributed by atoms with van der Waals surface area (Å²) in [6.07, 6.45) is 1.14. The Morgan fingerprint density at radius 3 is 2.31 bits per heavy atom. The molecule has 10 heteroatoms. The van der Waals surface area contributed by atoms with E-state index in [2.05, 4.69) is 15.4 Å². The summed E-state index contributed by atoms with van der Waals surface area (Å²) >= 11 is 0. The lowest BCUT2D eigenvalue weighted by Gasteiger charge is -2.19. The van der Waals surface area contributed by atoms with Gasteiger partial charge in [0, 0.05) is 19.2 Å². The number of carbonyl (C=O) groups is 3. The molecule has 0 fully saturated rings. The van der Waals surface area contributed by atoms with E-state index in [4.69, 9.17) is 5.11 Å². The van der Waals surface area contributed by atoms with Gasteiger partial charge in [-0.2, -0.15) is 0 Å². The first-order chi connectivity index (χ1) is 11.8. The minimum absolute atomic E-state index is 0.00908. The van der Waals surface area contributed by atoms with Crippen molar-refractivity contribution in [3.63, 3.8) is 0 Å². The van der Waals surface area contributed by atoms with E-state index in [1.807, 2.05) is 0 Å². The first-order valence-corrected chi connectivity index (χ1v) is 9.62. The van der Waals surface area contributed by atoms with Gasteiger partial charge in [-0.1, -0.05) is 0 Å². The van der Waals surface area contributed by atoms with Crippen LogP contribution < -0.4 is 15.4 Å². The molecule has 0 atom stereocenters. The average Bonchev–Trinajstić information content (AvgIpc) is 2.46. The topological polar surface area (TPSA) is 142 Å². The van der Waals surface area contributed by atoms with Gasteiger partial charge in [-0.3, -0.25) is 19.1 Å². The average molecular weight is 385 g/mol. The second-order valence-corrected chi connectivity index (χ2v) is 8.26. The zero-order valence-electron chi connectivity index (χ0n) is 15.0. The number of carboxylic acids is 1. The monoisotopic (exact) mass is 385 g/mol. The van der Waals surface area contributed by atoms with E-state index in [0.717, 1.165) is 6.26 Å². The maximum absolute atomic E-state index is 12.4. The number of rotatable bonds is 8. The number of carbonyl (C=O) groups excluding carboxylic acids is 2. The molecule has 1 aromatic carbocycles. The fourth-order valence-electron chi connectivity index (χ4n) is 1.99. The zero-order chi connectivity index (χ0) is 20.1. The molecule has 0 saturated carbocycles. The van der Waals surface area contributed by atoms with Gasteiger partial charge in [0.2, 0.25) is 15.9 Å². The van der Waals surface area contributed by atoms with E-state index in [9.17, 15) is 22.8 Å². The molecular formula is C16H23N3O6S. The number of nitrogens with one attached hydrogen (secondary N) is 3. The summed E-state index contributed by atoms with van der Waals surface area (Å²) in [4.78, 5) is 34.7. The molecule has 2 amide bonds. The van der Waals surface area contributed by atoms with Gasteiger partial charge < -0.3 is 15.7 Å². The third kappa shape index (κ3) is 6.71. The highest BCUT2D eigenvalue weighted by Crippen LogP contribution is 2.23. The minimum Gasteiger partial charge on any atom is -0.481 e. The Labute approximate surface area is 152 Å². The highest BCUT2D eigenvalue weighted by molar-refractivity contribution is 7.92. The normalized spacial score (nSPS) is 11.5. The third-order valence-electron chi connectivity index (χ3n) is 3.49. The van der Waals surface area contributed by atoms with Crippen molar-refractivity contribution in [1.29, 1.82) is 0 Å². The molecule has 0 aliphatic heterocycles. The van der Waals surface area contributed by atoms with Gasteiger partial charge in [0.15, 0.2) is 0 Å². The number of hydrogen-bond acceptors (Lipinski definition) is 5. The van der Waals surface area contributed by atoms with Crippen LogP contribution in [-0.2, 0) is 19.6 Å². The minimum atomic E-state index is -3.62. The quantitative estimate of drug-likeness (QED) is 0.530. The van der Waals surface area contributed by atoms with Crippen molar-refractivity contribution in [3.05, 3.63) is 23.8 Å².